The lowest BCUT2D eigenvalue weighted by Crippen LogP contribution is -2.27. The van der Waals surface area contributed by atoms with Crippen molar-refractivity contribution in [1.29, 1.82) is 0 Å². The third kappa shape index (κ3) is 3.74. The minimum absolute atomic E-state index is 0.121. The summed E-state index contributed by atoms with van der Waals surface area (Å²) in [4.78, 5) is 18.5. The van der Waals surface area contributed by atoms with E-state index in [1.165, 1.54) is 12.1 Å². The first kappa shape index (κ1) is 16.8. The lowest BCUT2D eigenvalue weighted by molar-refractivity contribution is -0.126. The van der Waals surface area contributed by atoms with E-state index < -0.39 is 0 Å². The minimum Gasteiger partial charge on any atom is -0.335 e. The zero-order valence-electron chi connectivity index (χ0n) is 14.2. The van der Waals surface area contributed by atoms with Crippen molar-refractivity contribution in [1.82, 2.24) is 9.88 Å². The predicted octanol–water partition coefficient (Wildman–Crippen LogP) is 4.61. The van der Waals surface area contributed by atoms with Gasteiger partial charge in [-0.25, -0.2) is 4.39 Å². The molecule has 0 aliphatic carbocycles. The van der Waals surface area contributed by atoms with Crippen LogP contribution in [0, 0.1) is 5.82 Å². The largest absolute Gasteiger partial charge is 0.335 e. The highest BCUT2D eigenvalue weighted by molar-refractivity contribution is 5.95. The van der Waals surface area contributed by atoms with Gasteiger partial charge >= 0.3 is 0 Å². The molecule has 0 aliphatic heterocycles. The van der Waals surface area contributed by atoms with Gasteiger partial charge in [0.15, 0.2) is 0 Å². The van der Waals surface area contributed by atoms with Crippen LogP contribution in [0.3, 0.4) is 0 Å². The SMILES string of the molecule is CC(c1ccc(F)cc1)N(C)C(=O)/C=C/c1cccc2cccnc12. The molecule has 0 aliphatic rings. The van der Waals surface area contributed by atoms with Gasteiger partial charge in [0.1, 0.15) is 5.82 Å². The van der Waals surface area contributed by atoms with Crippen molar-refractivity contribution in [2.45, 2.75) is 13.0 Å². The van der Waals surface area contributed by atoms with Crippen LogP contribution in [0.25, 0.3) is 17.0 Å². The minimum atomic E-state index is -0.284. The summed E-state index contributed by atoms with van der Waals surface area (Å²) in [5.41, 5.74) is 2.65. The molecule has 1 unspecified atom stereocenters. The molecule has 126 valence electrons. The average Bonchev–Trinajstić information content (AvgIpc) is 2.65. The fraction of sp³-hybridized carbons (Fsp3) is 0.143. The van der Waals surface area contributed by atoms with E-state index in [0.717, 1.165) is 22.0 Å². The first-order valence-corrected chi connectivity index (χ1v) is 8.10. The standard InChI is InChI=1S/C21H19FN2O/c1-15(16-8-11-19(22)12-9-16)24(2)20(25)13-10-18-6-3-5-17-7-4-14-23-21(17)18/h3-15H,1-2H3/b13-10+. The second-order valence-corrected chi connectivity index (χ2v) is 5.93. The maximum atomic E-state index is 13.0. The molecule has 4 heteroatoms. The molecule has 0 saturated heterocycles. The number of fused-ring (bicyclic) bond motifs is 1. The van der Waals surface area contributed by atoms with Crippen LogP contribution in [-0.2, 0) is 4.79 Å². The molecule has 0 radical (unpaired) electrons. The quantitative estimate of drug-likeness (QED) is 0.653. The number of benzene rings is 2. The van der Waals surface area contributed by atoms with Gasteiger partial charge in [-0.2, -0.15) is 0 Å². The van der Waals surface area contributed by atoms with Gasteiger partial charge in [0, 0.05) is 30.3 Å². The summed E-state index contributed by atoms with van der Waals surface area (Å²) in [6.45, 7) is 1.92. The van der Waals surface area contributed by atoms with Crippen molar-refractivity contribution >= 4 is 22.9 Å². The van der Waals surface area contributed by atoms with Gasteiger partial charge in [0.05, 0.1) is 11.6 Å². The number of aromatic nitrogens is 1. The molecule has 25 heavy (non-hydrogen) atoms. The molecule has 3 rings (SSSR count). The van der Waals surface area contributed by atoms with Gasteiger partial charge in [-0.15, -0.1) is 0 Å². The summed E-state index contributed by atoms with van der Waals surface area (Å²) < 4.78 is 13.0. The summed E-state index contributed by atoms with van der Waals surface area (Å²) in [7, 11) is 1.74. The Bertz CT molecular complexity index is 913. The second kappa shape index (κ2) is 7.26. The normalized spacial score (nSPS) is 12.4. The Morgan fingerprint density at radius 1 is 1.12 bits per heavy atom. The lowest BCUT2D eigenvalue weighted by atomic mass is 10.1. The molecule has 1 amide bonds. The van der Waals surface area contributed by atoms with Gasteiger partial charge < -0.3 is 4.90 Å². The first-order chi connectivity index (χ1) is 12.1. The second-order valence-electron chi connectivity index (χ2n) is 5.93. The van der Waals surface area contributed by atoms with Gasteiger partial charge in [-0.05, 0) is 36.8 Å². The first-order valence-electron chi connectivity index (χ1n) is 8.10. The van der Waals surface area contributed by atoms with E-state index in [4.69, 9.17) is 0 Å². The predicted molar refractivity (Wildman–Crippen MR) is 98.4 cm³/mol. The Labute approximate surface area is 146 Å². The van der Waals surface area contributed by atoms with Crippen LogP contribution in [0.15, 0.2) is 66.9 Å². The Balaban J connectivity index is 1.78. The summed E-state index contributed by atoms with van der Waals surface area (Å²) >= 11 is 0. The van der Waals surface area contributed by atoms with E-state index in [-0.39, 0.29) is 17.8 Å². The van der Waals surface area contributed by atoms with Crippen LogP contribution >= 0.6 is 0 Å². The van der Waals surface area contributed by atoms with Crippen LogP contribution in [-0.4, -0.2) is 22.8 Å². The Morgan fingerprint density at radius 2 is 1.84 bits per heavy atom. The third-order valence-electron chi connectivity index (χ3n) is 4.35. The molecular weight excluding hydrogens is 315 g/mol. The molecule has 1 heterocycles. The van der Waals surface area contributed by atoms with E-state index in [9.17, 15) is 9.18 Å². The number of hydrogen-bond donors (Lipinski definition) is 0. The molecule has 0 saturated carbocycles. The summed E-state index contributed by atoms with van der Waals surface area (Å²) in [5, 5.41) is 1.03. The number of para-hydroxylation sites is 1. The number of pyridine rings is 1. The topological polar surface area (TPSA) is 33.2 Å². The maximum Gasteiger partial charge on any atom is 0.246 e. The fourth-order valence-corrected chi connectivity index (χ4v) is 2.70. The summed E-state index contributed by atoms with van der Waals surface area (Å²) in [6.07, 6.45) is 5.07. The molecule has 3 nitrogen and oxygen atoms in total. The molecule has 0 N–H and O–H groups in total. The van der Waals surface area contributed by atoms with E-state index >= 15 is 0 Å². The van der Waals surface area contributed by atoms with Crippen LogP contribution in [0.1, 0.15) is 24.1 Å². The van der Waals surface area contributed by atoms with E-state index in [2.05, 4.69) is 4.98 Å². The highest BCUT2D eigenvalue weighted by atomic mass is 19.1. The summed E-state index contributed by atoms with van der Waals surface area (Å²) in [6, 6.07) is 15.8. The number of carbonyl (C=O) groups excluding carboxylic acids is 1. The molecular formula is C21H19FN2O. The monoisotopic (exact) mass is 334 g/mol. The van der Waals surface area contributed by atoms with Crippen molar-refractivity contribution in [3.8, 4) is 0 Å². The van der Waals surface area contributed by atoms with Crippen LogP contribution in [0.5, 0.6) is 0 Å². The highest BCUT2D eigenvalue weighted by Gasteiger charge is 2.15. The average molecular weight is 334 g/mol. The van der Waals surface area contributed by atoms with E-state index in [1.54, 1.807) is 42.4 Å². The van der Waals surface area contributed by atoms with Crippen molar-refractivity contribution in [3.05, 3.63) is 83.8 Å². The molecule has 0 bridgehead atoms. The van der Waals surface area contributed by atoms with Gasteiger partial charge in [-0.1, -0.05) is 36.4 Å². The lowest BCUT2D eigenvalue weighted by Gasteiger charge is -2.24. The van der Waals surface area contributed by atoms with Gasteiger partial charge in [0.2, 0.25) is 5.91 Å². The highest BCUT2D eigenvalue weighted by Crippen LogP contribution is 2.20. The number of halogens is 1. The van der Waals surface area contributed by atoms with E-state index in [1.807, 2.05) is 37.3 Å². The Morgan fingerprint density at radius 3 is 2.60 bits per heavy atom. The smallest absolute Gasteiger partial charge is 0.246 e. The Hall–Kier alpha value is -3.01. The van der Waals surface area contributed by atoms with Crippen LogP contribution in [0.4, 0.5) is 4.39 Å². The van der Waals surface area contributed by atoms with Crippen molar-refractivity contribution < 1.29 is 9.18 Å². The number of rotatable bonds is 4. The van der Waals surface area contributed by atoms with Crippen molar-refractivity contribution in [3.63, 3.8) is 0 Å². The van der Waals surface area contributed by atoms with Gasteiger partial charge in [0.25, 0.3) is 0 Å². The van der Waals surface area contributed by atoms with Crippen molar-refractivity contribution in [2.24, 2.45) is 0 Å². The number of nitrogens with zero attached hydrogens (tertiary/aromatic N) is 2. The van der Waals surface area contributed by atoms with E-state index in [0.29, 0.717) is 0 Å². The zero-order chi connectivity index (χ0) is 17.8. The molecule has 3 aromatic rings. The van der Waals surface area contributed by atoms with Crippen LogP contribution in [0.2, 0.25) is 0 Å². The third-order valence-corrected chi connectivity index (χ3v) is 4.35. The number of hydrogen-bond acceptors (Lipinski definition) is 2. The van der Waals surface area contributed by atoms with Crippen LogP contribution < -0.4 is 0 Å². The molecule has 0 fully saturated rings. The molecule has 0 spiro atoms. The van der Waals surface area contributed by atoms with Crippen molar-refractivity contribution in [2.75, 3.05) is 7.05 Å². The number of amides is 1. The molecule has 1 aromatic heterocycles. The zero-order valence-corrected chi connectivity index (χ0v) is 14.2. The number of carbonyl (C=O) groups is 1. The molecule has 1 atom stereocenters. The Kier molecular flexibility index (Phi) is 4.89. The maximum absolute atomic E-state index is 13.0. The molecule has 2 aromatic carbocycles. The summed E-state index contributed by atoms with van der Waals surface area (Å²) in [5.74, 6) is -0.405. The van der Waals surface area contributed by atoms with Gasteiger partial charge in [-0.3, -0.25) is 9.78 Å². The fourth-order valence-electron chi connectivity index (χ4n) is 2.70. The number of likely N-dealkylation sites (N-methyl/N-ethyl adjacent to an activating group) is 1.